The van der Waals surface area contributed by atoms with Gasteiger partial charge in [0.05, 0.1) is 18.8 Å². The van der Waals surface area contributed by atoms with Gasteiger partial charge in [-0.1, -0.05) is 13.2 Å². The van der Waals surface area contributed by atoms with E-state index < -0.39 is 18.0 Å². The van der Waals surface area contributed by atoms with Gasteiger partial charge in [0, 0.05) is 5.57 Å². The van der Waals surface area contributed by atoms with Gasteiger partial charge < -0.3 is 14.9 Å². The van der Waals surface area contributed by atoms with Crippen molar-refractivity contribution in [1.82, 2.24) is 0 Å². The molecule has 5 nitrogen and oxygen atoms in total. The molecule has 0 bridgehead atoms. The van der Waals surface area contributed by atoms with E-state index >= 15 is 0 Å². The number of ether oxygens (including phenoxy) is 1. The third kappa shape index (κ3) is 8.70. The molecular weight excluding hydrogens is 200 g/mol. The van der Waals surface area contributed by atoms with Gasteiger partial charge in [-0.2, -0.15) is 0 Å². The van der Waals surface area contributed by atoms with Gasteiger partial charge in [0.15, 0.2) is 0 Å². The number of hydrogen-bond acceptors (Lipinski definition) is 4. The maximum absolute atomic E-state index is 10.5. The summed E-state index contributed by atoms with van der Waals surface area (Å²) in [4.78, 5) is 20.1. The van der Waals surface area contributed by atoms with Crippen LogP contribution in [0, 0.1) is 0 Å². The summed E-state index contributed by atoms with van der Waals surface area (Å²) < 4.78 is 4.27. The molecule has 1 atom stereocenters. The molecule has 0 aromatic carbocycles. The van der Waals surface area contributed by atoms with Crippen molar-refractivity contribution in [3.63, 3.8) is 0 Å². The van der Waals surface area contributed by atoms with Crippen molar-refractivity contribution >= 4 is 11.9 Å². The van der Waals surface area contributed by atoms with Crippen molar-refractivity contribution in [2.24, 2.45) is 0 Å². The minimum atomic E-state index is -0.935. The standard InChI is InChI=1S/C6H10O3.C4H6O2/c1-4(5(2)7)6(8)9-3;1-3(2)4(5)6/h5,7H,1H2,2-3H3;1H2,2H3,(H,5,6). The van der Waals surface area contributed by atoms with Crippen LogP contribution in [0.4, 0.5) is 0 Å². The van der Waals surface area contributed by atoms with Crippen LogP contribution < -0.4 is 0 Å². The molecule has 15 heavy (non-hydrogen) atoms. The maximum Gasteiger partial charge on any atom is 0.335 e. The second-order valence-electron chi connectivity index (χ2n) is 2.78. The Morgan fingerprint density at radius 1 is 1.33 bits per heavy atom. The molecule has 0 aromatic rings. The van der Waals surface area contributed by atoms with E-state index in [1.54, 1.807) is 0 Å². The molecule has 0 fully saturated rings. The van der Waals surface area contributed by atoms with Gasteiger partial charge in [0.25, 0.3) is 0 Å². The Bertz CT molecular complexity index is 253. The first-order valence-corrected chi connectivity index (χ1v) is 4.08. The van der Waals surface area contributed by atoms with Crippen molar-refractivity contribution in [1.29, 1.82) is 0 Å². The number of carbonyl (C=O) groups excluding carboxylic acids is 1. The molecule has 0 spiro atoms. The van der Waals surface area contributed by atoms with E-state index in [1.807, 2.05) is 0 Å². The fourth-order valence-electron chi connectivity index (χ4n) is 0.302. The van der Waals surface area contributed by atoms with Crippen molar-refractivity contribution < 1.29 is 24.5 Å². The molecular formula is C10H16O5. The summed E-state index contributed by atoms with van der Waals surface area (Å²) in [6, 6.07) is 0. The van der Waals surface area contributed by atoms with Gasteiger partial charge in [-0.05, 0) is 13.8 Å². The van der Waals surface area contributed by atoms with Gasteiger partial charge in [0.2, 0.25) is 0 Å². The van der Waals surface area contributed by atoms with Crippen LogP contribution in [0.15, 0.2) is 24.3 Å². The number of aliphatic hydroxyl groups excluding tert-OH is 1. The van der Waals surface area contributed by atoms with Crippen LogP contribution in [-0.2, 0) is 14.3 Å². The highest BCUT2D eigenvalue weighted by molar-refractivity contribution is 5.88. The largest absolute Gasteiger partial charge is 0.478 e. The van der Waals surface area contributed by atoms with Crippen LogP contribution >= 0.6 is 0 Å². The maximum atomic E-state index is 10.5. The molecule has 0 heterocycles. The molecule has 86 valence electrons. The minimum Gasteiger partial charge on any atom is -0.478 e. The third-order valence-corrected chi connectivity index (χ3v) is 1.32. The number of rotatable bonds is 3. The molecule has 5 heteroatoms. The fourth-order valence-corrected chi connectivity index (χ4v) is 0.302. The van der Waals surface area contributed by atoms with Crippen LogP contribution in [0.1, 0.15) is 13.8 Å². The second kappa shape index (κ2) is 7.75. The molecule has 1 unspecified atom stereocenters. The Morgan fingerprint density at radius 3 is 1.73 bits per heavy atom. The van der Waals surface area contributed by atoms with Crippen molar-refractivity contribution in [2.45, 2.75) is 20.0 Å². The zero-order chi connectivity index (χ0) is 12.6. The number of carboxylic acid groups (broad SMARTS) is 1. The van der Waals surface area contributed by atoms with E-state index in [1.165, 1.54) is 21.0 Å². The number of carboxylic acids is 1. The van der Waals surface area contributed by atoms with E-state index in [4.69, 9.17) is 10.2 Å². The Labute approximate surface area is 88.7 Å². The normalized spacial score (nSPS) is 10.4. The summed E-state index contributed by atoms with van der Waals surface area (Å²) >= 11 is 0. The number of aliphatic hydroxyl groups is 1. The van der Waals surface area contributed by atoms with Crippen LogP contribution in [0.25, 0.3) is 0 Å². The lowest BCUT2D eigenvalue weighted by Gasteiger charge is -2.03. The first kappa shape index (κ1) is 15.8. The molecule has 0 saturated carbocycles. The number of carbonyl (C=O) groups is 2. The lowest BCUT2D eigenvalue weighted by Crippen LogP contribution is -2.14. The molecule has 0 amide bonds. The monoisotopic (exact) mass is 216 g/mol. The molecule has 0 aliphatic carbocycles. The molecule has 0 radical (unpaired) electrons. The number of esters is 1. The molecule has 0 saturated heterocycles. The average molecular weight is 216 g/mol. The Kier molecular flexibility index (Phi) is 8.18. The van der Waals surface area contributed by atoms with Gasteiger partial charge >= 0.3 is 11.9 Å². The van der Waals surface area contributed by atoms with Gasteiger partial charge in [-0.25, -0.2) is 9.59 Å². The number of methoxy groups -OCH3 is 1. The number of hydrogen-bond donors (Lipinski definition) is 2. The smallest absolute Gasteiger partial charge is 0.335 e. The van der Waals surface area contributed by atoms with E-state index in [0.717, 1.165) is 0 Å². The topological polar surface area (TPSA) is 83.8 Å². The highest BCUT2D eigenvalue weighted by atomic mass is 16.5. The average Bonchev–Trinajstić information content (AvgIpc) is 2.16. The van der Waals surface area contributed by atoms with Crippen molar-refractivity contribution in [3.8, 4) is 0 Å². The van der Waals surface area contributed by atoms with Crippen molar-refractivity contribution in [3.05, 3.63) is 24.3 Å². The molecule has 0 aliphatic heterocycles. The quantitative estimate of drug-likeness (QED) is 0.537. The second-order valence-corrected chi connectivity index (χ2v) is 2.78. The Balaban J connectivity index is 0. The first-order chi connectivity index (χ1) is 6.73. The van der Waals surface area contributed by atoms with E-state index in [9.17, 15) is 9.59 Å². The predicted molar refractivity (Wildman–Crippen MR) is 55.3 cm³/mol. The van der Waals surface area contributed by atoms with Crippen LogP contribution in [0.2, 0.25) is 0 Å². The minimum absolute atomic E-state index is 0.0810. The highest BCUT2D eigenvalue weighted by Crippen LogP contribution is 1.98. The lowest BCUT2D eigenvalue weighted by atomic mass is 10.2. The molecule has 0 aromatic heterocycles. The first-order valence-electron chi connectivity index (χ1n) is 4.08. The predicted octanol–water partition coefficient (Wildman–Crippen LogP) is 0.744. The summed E-state index contributed by atoms with van der Waals surface area (Å²) in [6.45, 7) is 9.36. The summed E-state index contributed by atoms with van der Waals surface area (Å²) in [5.41, 5.74) is 0.257. The van der Waals surface area contributed by atoms with Crippen LogP contribution in [0.3, 0.4) is 0 Å². The Hall–Kier alpha value is -1.62. The molecule has 0 rings (SSSR count). The van der Waals surface area contributed by atoms with E-state index in [2.05, 4.69) is 17.9 Å². The fraction of sp³-hybridized carbons (Fsp3) is 0.400. The zero-order valence-corrected chi connectivity index (χ0v) is 9.11. The SMILES string of the molecule is C=C(C(=O)OC)C(C)O.C=C(C)C(=O)O. The van der Waals surface area contributed by atoms with Gasteiger partial charge in [-0.15, -0.1) is 0 Å². The molecule has 0 aliphatic rings. The van der Waals surface area contributed by atoms with Crippen LogP contribution in [-0.4, -0.2) is 35.4 Å². The third-order valence-electron chi connectivity index (χ3n) is 1.32. The van der Waals surface area contributed by atoms with Gasteiger partial charge in [0.1, 0.15) is 0 Å². The zero-order valence-electron chi connectivity index (χ0n) is 9.11. The van der Waals surface area contributed by atoms with Gasteiger partial charge in [-0.3, -0.25) is 0 Å². The van der Waals surface area contributed by atoms with Crippen LogP contribution in [0.5, 0.6) is 0 Å². The summed E-state index contributed by atoms with van der Waals surface area (Å²) in [5, 5.41) is 16.6. The highest BCUT2D eigenvalue weighted by Gasteiger charge is 2.10. The summed E-state index contributed by atoms with van der Waals surface area (Å²) in [5.74, 6) is -1.50. The summed E-state index contributed by atoms with van der Waals surface area (Å²) in [6.07, 6.45) is -0.822. The summed E-state index contributed by atoms with van der Waals surface area (Å²) in [7, 11) is 1.25. The Morgan fingerprint density at radius 2 is 1.67 bits per heavy atom. The van der Waals surface area contributed by atoms with E-state index in [0.29, 0.717) is 0 Å². The number of aliphatic carboxylic acids is 1. The van der Waals surface area contributed by atoms with E-state index in [-0.39, 0.29) is 11.1 Å². The lowest BCUT2D eigenvalue weighted by molar-refractivity contribution is -0.137. The van der Waals surface area contributed by atoms with Crippen molar-refractivity contribution in [2.75, 3.05) is 7.11 Å². The molecule has 2 N–H and O–H groups in total.